The first-order valence-corrected chi connectivity index (χ1v) is 13.4. The Kier molecular flexibility index (Phi) is 9.59. The molecular formula is C26H35N3O5S. The molecule has 0 aromatic heterocycles. The summed E-state index contributed by atoms with van der Waals surface area (Å²) >= 11 is 0. The van der Waals surface area contributed by atoms with Crippen molar-refractivity contribution in [3.8, 4) is 0 Å². The largest absolute Gasteiger partial charge is 0.352 e. The standard InChI is InChI=1S/C26H35N3O5S/c1-7-19(3)27-26(32)20(4)28(16-22-11-8-10-18(2)14-22)25(31)17-29(35(6,33)34)24-13-9-12-23(15-24)21(5)30/h8-15,19-20H,7,16-17H2,1-6H3,(H,27,32)/t19-,20+/m0/s1. The number of nitrogens with one attached hydrogen (secondary N) is 1. The highest BCUT2D eigenvalue weighted by Crippen LogP contribution is 2.21. The molecule has 2 aromatic rings. The first kappa shape index (κ1) is 28.0. The number of carbonyl (C=O) groups excluding carboxylic acids is 3. The summed E-state index contributed by atoms with van der Waals surface area (Å²) in [6.07, 6.45) is 1.74. The number of ketones is 1. The number of sulfonamides is 1. The van der Waals surface area contributed by atoms with Gasteiger partial charge in [0.15, 0.2) is 5.78 Å². The Balaban J connectivity index is 2.43. The van der Waals surface area contributed by atoms with Gasteiger partial charge in [-0.25, -0.2) is 8.42 Å². The van der Waals surface area contributed by atoms with Gasteiger partial charge in [-0.3, -0.25) is 18.7 Å². The maximum absolute atomic E-state index is 13.6. The predicted molar refractivity (Wildman–Crippen MR) is 138 cm³/mol. The summed E-state index contributed by atoms with van der Waals surface area (Å²) in [6.45, 7) is 8.41. The van der Waals surface area contributed by atoms with Crippen molar-refractivity contribution in [3.63, 3.8) is 0 Å². The third-order valence-corrected chi connectivity index (χ3v) is 6.96. The smallest absolute Gasteiger partial charge is 0.244 e. The molecule has 0 fully saturated rings. The van der Waals surface area contributed by atoms with Crippen LogP contribution in [0.1, 0.15) is 55.6 Å². The third-order valence-electron chi connectivity index (χ3n) is 5.82. The minimum atomic E-state index is -3.86. The van der Waals surface area contributed by atoms with Crippen molar-refractivity contribution >= 4 is 33.3 Å². The topological polar surface area (TPSA) is 104 Å². The van der Waals surface area contributed by atoms with Crippen LogP contribution in [0.2, 0.25) is 0 Å². The number of Topliss-reactive ketones (excluding diaryl/α,β-unsaturated/α-hetero) is 1. The molecule has 35 heavy (non-hydrogen) atoms. The van der Waals surface area contributed by atoms with Crippen molar-refractivity contribution in [1.82, 2.24) is 10.2 Å². The molecule has 2 atom stereocenters. The van der Waals surface area contributed by atoms with Gasteiger partial charge in [-0.2, -0.15) is 0 Å². The van der Waals surface area contributed by atoms with Crippen LogP contribution in [0.4, 0.5) is 5.69 Å². The molecule has 0 unspecified atom stereocenters. The molecular weight excluding hydrogens is 466 g/mol. The number of carbonyl (C=O) groups is 3. The van der Waals surface area contributed by atoms with E-state index in [1.165, 1.54) is 24.0 Å². The average molecular weight is 502 g/mol. The summed E-state index contributed by atoms with van der Waals surface area (Å²) in [5.41, 5.74) is 2.37. The van der Waals surface area contributed by atoms with E-state index in [0.717, 1.165) is 28.1 Å². The molecule has 2 rings (SSSR count). The lowest BCUT2D eigenvalue weighted by Crippen LogP contribution is -2.52. The van der Waals surface area contributed by atoms with E-state index in [-0.39, 0.29) is 30.0 Å². The second-order valence-corrected chi connectivity index (χ2v) is 10.8. The third kappa shape index (κ3) is 7.92. The van der Waals surface area contributed by atoms with Gasteiger partial charge in [0.05, 0.1) is 11.9 Å². The van der Waals surface area contributed by atoms with Crippen molar-refractivity contribution in [3.05, 3.63) is 65.2 Å². The van der Waals surface area contributed by atoms with Crippen LogP contribution in [-0.4, -0.2) is 55.8 Å². The Morgan fingerprint density at radius 1 is 1.03 bits per heavy atom. The molecule has 2 aromatic carbocycles. The Labute approximate surface area is 208 Å². The van der Waals surface area contributed by atoms with Crippen LogP contribution < -0.4 is 9.62 Å². The fourth-order valence-electron chi connectivity index (χ4n) is 3.55. The molecule has 0 aliphatic carbocycles. The van der Waals surface area contributed by atoms with Crippen molar-refractivity contribution in [2.75, 3.05) is 17.1 Å². The summed E-state index contributed by atoms with van der Waals surface area (Å²) in [6, 6.07) is 12.8. The van der Waals surface area contributed by atoms with Crippen LogP contribution in [0.15, 0.2) is 48.5 Å². The van der Waals surface area contributed by atoms with Crippen LogP contribution in [0, 0.1) is 6.92 Å². The van der Waals surface area contributed by atoms with Gasteiger partial charge in [-0.1, -0.05) is 48.9 Å². The summed E-state index contributed by atoms with van der Waals surface area (Å²) in [5.74, 6) is -1.06. The lowest BCUT2D eigenvalue weighted by molar-refractivity contribution is -0.139. The zero-order chi connectivity index (χ0) is 26.3. The molecule has 0 saturated carbocycles. The van der Waals surface area contributed by atoms with Crippen molar-refractivity contribution in [1.29, 1.82) is 0 Å². The minimum absolute atomic E-state index is 0.0669. The molecule has 0 bridgehead atoms. The number of aryl methyl sites for hydroxylation is 1. The van der Waals surface area contributed by atoms with Gasteiger partial charge < -0.3 is 10.2 Å². The van der Waals surface area contributed by atoms with E-state index >= 15 is 0 Å². The van der Waals surface area contributed by atoms with Gasteiger partial charge in [0.1, 0.15) is 12.6 Å². The number of hydrogen-bond donors (Lipinski definition) is 1. The number of benzene rings is 2. The molecule has 0 saturated heterocycles. The van der Waals surface area contributed by atoms with E-state index in [2.05, 4.69) is 5.32 Å². The van der Waals surface area contributed by atoms with E-state index < -0.39 is 28.5 Å². The highest BCUT2D eigenvalue weighted by atomic mass is 32.2. The first-order chi connectivity index (χ1) is 16.3. The maximum Gasteiger partial charge on any atom is 0.244 e. The summed E-state index contributed by atoms with van der Waals surface area (Å²) < 4.78 is 26.3. The van der Waals surface area contributed by atoms with E-state index in [4.69, 9.17) is 0 Å². The molecule has 0 aliphatic heterocycles. The molecule has 0 heterocycles. The first-order valence-electron chi connectivity index (χ1n) is 11.6. The molecule has 8 nitrogen and oxygen atoms in total. The van der Waals surface area contributed by atoms with Crippen molar-refractivity contribution < 1.29 is 22.8 Å². The quantitative estimate of drug-likeness (QED) is 0.476. The number of amides is 2. The zero-order valence-electron chi connectivity index (χ0n) is 21.2. The van der Waals surface area contributed by atoms with E-state index in [1.54, 1.807) is 19.1 Å². The maximum atomic E-state index is 13.6. The monoisotopic (exact) mass is 501 g/mol. The zero-order valence-corrected chi connectivity index (χ0v) is 22.1. The normalized spacial score (nSPS) is 13.0. The van der Waals surface area contributed by atoms with Crippen LogP contribution in [0.3, 0.4) is 0 Å². The van der Waals surface area contributed by atoms with Crippen molar-refractivity contribution in [2.24, 2.45) is 0 Å². The molecule has 190 valence electrons. The fraction of sp³-hybridized carbons (Fsp3) is 0.423. The second-order valence-electron chi connectivity index (χ2n) is 8.88. The predicted octanol–water partition coefficient (Wildman–Crippen LogP) is 3.30. The molecule has 0 radical (unpaired) electrons. The summed E-state index contributed by atoms with van der Waals surface area (Å²) in [5, 5.41) is 2.89. The SMILES string of the molecule is CC[C@H](C)NC(=O)[C@@H](C)N(Cc1cccc(C)c1)C(=O)CN(c1cccc(C(C)=O)c1)S(C)(=O)=O. The van der Waals surface area contributed by atoms with E-state index in [9.17, 15) is 22.8 Å². The fourth-order valence-corrected chi connectivity index (χ4v) is 4.39. The Morgan fingerprint density at radius 2 is 1.69 bits per heavy atom. The minimum Gasteiger partial charge on any atom is -0.352 e. The van der Waals surface area contributed by atoms with Crippen LogP contribution >= 0.6 is 0 Å². The highest BCUT2D eigenvalue weighted by Gasteiger charge is 2.30. The second kappa shape index (κ2) is 12.0. The average Bonchev–Trinajstić information content (AvgIpc) is 2.79. The molecule has 0 aliphatic rings. The Morgan fingerprint density at radius 3 is 2.26 bits per heavy atom. The molecule has 1 N–H and O–H groups in total. The Bertz CT molecular complexity index is 1180. The lowest BCUT2D eigenvalue weighted by Gasteiger charge is -2.32. The van der Waals surface area contributed by atoms with E-state index in [0.29, 0.717) is 5.56 Å². The number of rotatable bonds is 11. The van der Waals surface area contributed by atoms with Crippen LogP contribution in [0.5, 0.6) is 0 Å². The number of anilines is 1. The van der Waals surface area contributed by atoms with Gasteiger partial charge >= 0.3 is 0 Å². The van der Waals surface area contributed by atoms with Crippen molar-refractivity contribution in [2.45, 2.75) is 59.7 Å². The molecule has 0 spiro atoms. The molecule has 9 heteroatoms. The molecule has 2 amide bonds. The van der Waals surface area contributed by atoms with Gasteiger partial charge in [-0.15, -0.1) is 0 Å². The number of nitrogens with zero attached hydrogens (tertiary/aromatic N) is 2. The van der Waals surface area contributed by atoms with E-state index in [1.807, 2.05) is 45.0 Å². The van der Waals surface area contributed by atoms with Crippen LogP contribution in [-0.2, 0) is 26.2 Å². The Hall–Kier alpha value is -3.20. The summed E-state index contributed by atoms with van der Waals surface area (Å²) in [7, 11) is -3.86. The van der Waals surface area contributed by atoms with Crippen LogP contribution in [0.25, 0.3) is 0 Å². The highest BCUT2D eigenvalue weighted by molar-refractivity contribution is 7.92. The van der Waals surface area contributed by atoms with Gasteiger partial charge in [-0.05, 0) is 51.8 Å². The summed E-state index contributed by atoms with van der Waals surface area (Å²) in [4.78, 5) is 39.7. The van der Waals surface area contributed by atoms with Gasteiger partial charge in [0.2, 0.25) is 21.8 Å². The van der Waals surface area contributed by atoms with Gasteiger partial charge in [0.25, 0.3) is 0 Å². The lowest BCUT2D eigenvalue weighted by atomic mass is 10.1. The van der Waals surface area contributed by atoms with Gasteiger partial charge in [0, 0.05) is 18.2 Å². The number of hydrogen-bond acceptors (Lipinski definition) is 5.